The smallest absolute Gasteiger partial charge is 0.222 e. The summed E-state index contributed by atoms with van der Waals surface area (Å²) >= 11 is 3.55. The molecule has 0 radical (unpaired) electrons. The van der Waals surface area contributed by atoms with Gasteiger partial charge in [0.2, 0.25) is 14.0 Å². The molecule has 0 N–H and O–H groups in total. The van der Waals surface area contributed by atoms with Gasteiger partial charge >= 0.3 is 0 Å². The molecule has 6 heterocycles. The first-order valence-electron chi connectivity index (χ1n) is 17.7. The molecular formula is C45H26N4O2S2Si. The van der Waals surface area contributed by atoms with Crippen LogP contribution in [-0.4, -0.2) is 28.0 Å². The van der Waals surface area contributed by atoms with Crippen LogP contribution in [0, 0.1) is 0 Å². The second-order valence-electron chi connectivity index (χ2n) is 13.8. The molecule has 2 aromatic heterocycles. The van der Waals surface area contributed by atoms with Crippen LogP contribution in [0.3, 0.4) is 0 Å². The van der Waals surface area contributed by atoms with Gasteiger partial charge in [-0.3, -0.25) is 0 Å². The van der Waals surface area contributed by atoms with E-state index in [1.165, 1.54) is 41.8 Å². The molecule has 6 aromatic carbocycles. The van der Waals surface area contributed by atoms with E-state index in [0.29, 0.717) is 5.88 Å². The number of hydrogen-bond donors (Lipinski definition) is 0. The molecule has 12 rings (SSSR count). The summed E-state index contributed by atoms with van der Waals surface area (Å²) in [6.45, 7) is 0. The van der Waals surface area contributed by atoms with Gasteiger partial charge in [-0.1, -0.05) is 121 Å². The first-order chi connectivity index (χ1) is 26.7. The lowest BCUT2D eigenvalue weighted by atomic mass is 9.65. The molecule has 0 fully saturated rings. The average Bonchev–Trinajstić information content (AvgIpc) is 3.23. The first-order valence-corrected chi connectivity index (χ1v) is 21.4. The predicted octanol–water partition coefficient (Wildman–Crippen LogP) is 7.83. The molecule has 2 spiro atoms. The zero-order valence-corrected chi connectivity index (χ0v) is 31.1. The van der Waals surface area contributed by atoms with Crippen LogP contribution in [0.5, 0.6) is 23.1 Å². The number of rotatable bonds is 1. The van der Waals surface area contributed by atoms with Crippen molar-refractivity contribution in [3.8, 4) is 34.3 Å². The summed E-state index contributed by atoms with van der Waals surface area (Å²) in [6.07, 6.45) is 7.20. The maximum absolute atomic E-state index is 6.86. The Morgan fingerprint density at radius 1 is 0.463 bits per heavy atom. The average molecular weight is 747 g/mol. The Kier molecular flexibility index (Phi) is 6.35. The first kappa shape index (κ1) is 30.5. The van der Waals surface area contributed by atoms with Gasteiger partial charge in [-0.25, -0.2) is 19.9 Å². The maximum atomic E-state index is 6.86. The van der Waals surface area contributed by atoms with Crippen LogP contribution in [0.15, 0.2) is 178 Å². The second-order valence-corrected chi connectivity index (χ2v) is 19.6. The number of hydrogen-bond acceptors (Lipinski definition) is 8. The van der Waals surface area contributed by atoms with Gasteiger partial charge in [0.15, 0.2) is 0 Å². The molecule has 2 atom stereocenters. The van der Waals surface area contributed by atoms with Crippen molar-refractivity contribution in [1.82, 2.24) is 19.9 Å². The van der Waals surface area contributed by atoms with E-state index in [1.54, 1.807) is 24.4 Å². The molecule has 6 nitrogen and oxygen atoms in total. The van der Waals surface area contributed by atoms with Gasteiger partial charge in [-0.05, 0) is 79.8 Å². The summed E-state index contributed by atoms with van der Waals surface area (Å²) in [5.41, 5.74) is 6.53. The number of benzene rings is 6. The van der Waals surface area contributed by atoms with Crippen LogP contribution in [0.1, 0.15) is 22.3 Å². The molecule has 2 unspecified atom stereocenters. The summed E-state index contributed by atoms with van der Waals surface area (Å²) < 4.78 is 13.3. The van der Waals surface area contributed by atoms with Crippen molar-refractivity contribution in [2.45, 2.75) is 25.1 Å². The fourth-order valence-electron chi connectivity index (χ4n) is 9.15. The fourth-order valence-corrected chi connectivity index (χ4v) is 16.5. The lowest BCUT2D eigenvalue weighted by Gasteiger charge is -2.44. The molecule has 254 valence electrons. The Labute approximate surface area is 320 Å². The number of nitrogens with zero attached hydrogens (tertiary/aromatic N) is 4. The van der Waals surface area contributed by atoms with Crippen molar-refractivity contribution in [2.24, 2.45) is 0 Å². The zero-order valence-electron chi connectivity index (χ0n) is 28.4. The Morgan fingerprint density at radius 2 is 1.07 bits per heavy atom. The molecule has 54 heavy (non-hydrogen) atoms. The van der Waals surface area contributed by atoms with Crippen LogP contribution in [0.25, 0.3) is 11.1 Å². The molecule has 0 aliphatic carbocycles. The third-order valence-corrected chi connectivity index (χ3v) is 18.3. The molecule has 9 heteroatoms. The normalized spacial score (nSPS) is 19.0. The van der Waals surface area contributed by atoms with Gasteiger partial charge in [0.05, 0.1) is 5.41 Å². The highest BCUT2D eigenvalue weighted by Crippen LogP contribution is 2.61. The molecule has 0 saturated heterocycles. The number of aromatic nitrogens is 4. The van der Waals surface area contributed by atoms with Crippen molar-refractivity contribution < 1.29 is 9.47 Å². The van der Waals surface area contributed by atoms with Gasteiger partial charge in [-0.2, -0.15) is 0 Å². The largest absolute Gasteiger partial charge is 0.458 e. The van der Waals surface area contributed by atoms with Crippen LogP contribution >= 0.6 is 23.5 Å². The van der Waals surface area contributed by atoms with Gasteiger partial charge < -0.3 is 9.47 Å². The molecule has 0 bridgehead atoms. The van der Waals surface area contributed by atoms with Crippen LogP contribution in [0.2, 0.25) is 0 Å². The molecule has 4 aliphatic heterocycles. The van der Waals surface area contributed by atoms with E-state index >= 15 is 0 Å². The number of para-hydroxylation sites is 2. The van der Waals surface area contributed by atoms with Gasteiger partial charge in [-0.15, -0.1) is 0 Å². The lowest BCUT2D eigenvalue weighted by molar-refractivity contribution is 0.465. The predicted molar refractivity (Wildman–Crippen MR) is 213 cm³/mol. The molecule has 8 aromatic rings. The third-order valence-electron chi connectivity index (χ3n) is 11.3. The minimum atomic E-state index is -2.93. The van der Waals surface area contributed by atoms with Crippen molar-refractivity contribution >= 4 is 52.3 Å². The van der Waals surface area contributed by atoms with Crippen molar-refractivity contribution in [2.75, 3.05) is 0 Å². The van der Waals surface area contributed by atoms with E-state index in [1.807, 2.05) is 42.4 Å². The van der Waals surface area contributed by atoms with Crippen molar-refractivity contribution in [3.63, 3.8) is 0 Å². The van der Waals surface area contributed by atoms with Crippen LogP contribution in [-0.2, 0) is 5.41 Å². The standard InChI is InChI=1S/C45H26N4O2S2Si/c1-5-13-36-29(9-1)45(30-10-2-6-14-37(30)53-44-32(45)23-46-26-49-44)31-19-17-28(22-38(31)52-36)27-18-20-41-35(21-27)50-33-11-3-7-15-39(33)54(41)40-16-8-4-12-34(40)51-43-42(54)24-47-25-48-43/h1-26H. The summed E-state index contributed by atoms with van der Waals surface area (Å²) in [5, 5.41) is 5.51. The van der Waals surface area contributed by atoms with E-state index in [-0.39, 0.29) is 0 Å². The van der Waals surface area contributed by atoms with Gasteiger partial charge in [0, 0.05) is 37.8 Å². The Morgan fingerprint density at radius 3 is 1.89 bits per heavy atom. The van der Waals surface area contributed by atoms with Gasteiger partial charge in [0.25, 0.3) is 0 Å². The Balaban J connectivity index is 1.07. The molecular weight excluding hydrogens is 721 g/mol. The minimum absolute atomic E-state index is 0.555. The molecule has 0 saturated carbocycles. The summed E-state index contributed by atoms with van der Waals surface area (Å²) in [6, 6.07) is 48.1. The SMILES string of the molecule is c1ccc2c(c1)Oc1cc(-c3ccc4c(c3)Sc3ccccc3C43c4ccccc4Sc4ncncc43)ccc1[Si]21c2ccccc2Oc2ncncc21. The zero-order chi connectivity index (χ0) is 35.4. The highest BCUT2D eigenvalue weighted by atomic mass is 32.2. The summed E-state index contributed by atoms with van der Waals surface area (Å²) in [4.78, 5) is 22.3. The van der Waals surface area contributed by atoms with Crippen molar-refractivity contribution in [3.05, 3.63) is 181 Å². The Hall–Kier alpha value is -6.00. The van der Waals surface area contributed by atoms with E-state index in [4.69, 9.17) is 14.5 Å². The second kappa shape index (κ2) is 11.3. The third kappa shape index (κ3) is 3.93. The lowest BCUT2D eigenvalue weighted by Crippen LogP contribution is -2.77. The van der Waals surface area contributed by atoms with E-state index in [2.05, 4.69) is 130 Å². The topological polar surface area (TPSA) is 70.0 Å². The van der Waals surface area contributed by atoms with Crippen molar-refractivity contribution in [1.29, 1.82) is 0 Å². The quantitative estimate of drug-likeness (QED) is 0.124. The highest BCUT2D eigenvalue weighted by Gasteiger charge is 2.54. The maximum Gasteiger partial charge on any atom is 0.222 e. The monoisotopic (exact) mass is 746 g/mol. The molecule has 0 amide bonds. The minimum Gasteiger partial charge on any atom is -0.458 e. The summed E-state index contributed by atoms with van der Waals surface area (Å²) in [5.74, 6) is 3.14. The number of fused-ring (bicyclic) bond motifs is 16. The van der Waals surface area contributed by atoms with Crippen LogP contribution < -0.4 is 30.2 Å². The number of ether oxygens (including phenoxy) is 2. The summed E-state index contributed by atoms with van der Waals surface area (Å²) in [7, 11) is -2.93. The van der Waals surface area contributed by atoms with E-state index in [9.17, 15) is 0 Å². The fraction of sp³-hybridized carbons (Fsp3) is 0.0222. The Bertz CT molecular complexity index is 2580. The van der Waals surface area contributed by atoms with Crippen LogP contribution in [0.4, 0.5) is 0 Å². The van der Waals surface area contributed by atoms with E-state index in [0.717, 1.165) is 49.3 Å². The van der Waals surface area contributed by atoms with Gasteiger partial charge in [0.1, 0.15) is 34.9 Å². The van der Waals surface area contributed by atoms with E-state index < -0.39 is 13.5 Å². The molecule has 4 aliphatic rings. The highest BCUT2D eigenvalue weighted by molar-refractivity contribution is 7.99.